The molecule has 0 aliphatic rings. The molecule has 0 radical (unpaired) electrons. The number of nitrogens with zero attached hydrogens (tertiary/aromatic N) is 2. The Hall–Kier alpha value is -1.33. The van der Waals surface area contributed by atoms with Crippen LogP contribution in [-0.2, 0) is 18.3 Å². The van der Waals surface area contributed by atoms with Crippen molar-refractivity contribution >= 4 is 5.78 Å². The molecule has 1 rings (SSSR count). The van der Waals surface area contributed by atoms with Gasteiger partial charge < -0.3 is 0 Å². The van der Waals surface area contributed by atoms with E-state index in [4.69, 9.17) is 0 Å². The first-order valence-electron chi connectivity index (χ1n) is 5.78. The van der Waals surface area contributed by atoms with Crippen LogP contribution in [0.15, 0.2) is 0 Å². The first-order chi connectivity index (χ1) is 8.20. The topological polar surface area (TPSA) is 34.9 Å². The van der Waals surface area contributed by atoms with Crippen LogP contribution in [0.4, 0.5) is 13.2 Å². The molecule has 3 nitrogen and oxygen atoms in total. The summed E-state index contributed by atoms with van der Waals surface area (Å²) in [5, 5.41) is 4.20. The first-order valence-corrected chi connectivity index (χ1v) is 5.78. The van der Waals surface area contributed by atoms with Gasteiger partial charge in [-0.05, 0) is 25.8 Å². The summed E-state index contributed by atoms with van der Waals surface area (Å²) in [6.45, 7) is 3.72. The van der Waals surface area contributed by atoms with E-state index in [1.54, 1.807) is 11.7 Å². The highest BCUT2D eigenvalue weighted by Gasteiger charge is 2.27. The molecule has 0 saturated heterocycles. The smallest absolute Gasteiger partial charge is 0.300 e. The SMILES string of the molecule is Cc1nn(C)c(C)c1CCC(=O)CCC(F)(F)F. The minimum Gasteiger partial charge on any atom is -0.300 e. The fraction of sp³-hybridized carbons (Fsp3) is 0.667. The minimum absolute atomic E-state index is 0.142. The Morgan fingerprint density at radius 3 is 2.33 bits per heavy atom. The summed E-state index contributed by atoms with van der Waals surface area (Å²) in [5.74, 6) is -0.352. The van der Waals surface area contributed by atoms with Gasteiger partial charge in [-0.1, -0.05) is 0 Å². The second-order valence-electron chi connectivity index (χ2n) is 4.43. The first kappa shape index (κ1) is 14.7. The fourth-order valence-electron chi connectivity index (χ4n) is 1.85. The van der Waals surface area contributed by atoms with Crippen LogP contribution in [0, 0.1) is 13.8 Å². The molecular formula is C12H17F3N2O. The highest BCUT2D eigenvalue weighted by atomic mass is 19.4. The van der Waals surface area contributed by atoms with Crippen molar-refractivity contribution in [1.29, 1.82) is 0 Å². The lowest BCUT2D eigenvalue weighted by molar-refractivity contribution is -0.143. The van der Waals surface area contributed by atoms with Crippen molar-refractivity contribution in [2.45, 2.75) is 45.7 Å². The predicted molar refractivity (Wildman–Crippen MR) is 61.3 cm³/mol. The largest absolute Gasteiger partial charge is 0.389 e. The van der Waals surface area contributed by atoms with Gasteiger partial charge in [0.05, 0.1) is 12.1 Å². The monoisotopic (exact) mass is 262 g/mol. The molecule has 1 heterocycles. The lowest BCUT2D eigenvalue weighted by Gasteiger charge is -2.05. The van der Waals surface area contributed by atoms with Gasteiger partial charge in [-0.15, -0.1) is 0 Å². The zero-order valence-corrected chi connectivity index (χ0v) is 10.8. The molecule has 0 bridgehead atoms. The average Bonchev–Trinajstić information content (AvgIpc) is 2.47. The third-order valence-electron chi connectivity index (χ3n) is 3.00. The summed E-state index contributed by atoms with van der Waals surface area (Å²) in [7, 11) is 1.80. The molecule has 0 aliphatic carbocycles. The molecule has 0 aliphatic heterocycles. The van der Waals surface area contributed by atoms with E-state index >= 15 is 0 Å². The van der Waals surface area contributed by atoms with Gasteiger partial charge in [0.1, 0.15) is 5.78 Å². The molecular weight excluding hydrogens is 245 g/mol. The molecule has 0 amide bonds. The molecule has 102 valence electrons. The number of Topliss-reactive ketones (excluding diaryl/α,β-unsaturated/α-hetero) is 1. The Balaban J connectivity index is 2.48. The third kappa shape index (κ3) is 4.16. The number of aromatic nitrogens is 2. The van der Waals surface area contributed by atoms with Crippen LogP contribution in [0.3, 0.4) is 0 Å². The summed E-state index contributed by atoms with van der Waals surface area (Å²) in [6.07, 6.45) is -5.11. The van der Waals surface area contributed by atoms with E-state index < -0.39 is 19.0 Å². The van der Waals surface area contributed by atoms with Crippen LogP contribution in [0.5, 0.6) is 0 Å². The maximum Gasteiger partial charge on any atom is 0.389 e. The zero-order valence-electron chi connectivity index (χ0n) is 10.8. The highest BCUT2D eigenvalue weighted by molar-refractivity contribution is 5.78. The van der Waals surface area contributed by atoms with Crippen molar-refractivity contribution < 1.29 is 18.0 Å². The van der Waals surface area contributed by atoms with Gasteiger partial charge >= 0.3 is 6.18 Å². The number of halogens is 3. The summed E-state index contributed by atoms with van der Waals surface area (Å²) in [5.41, 5.74) is 2.74. The molecule has 1 aromatic heterocycles. The van der Waals surface area contributed by atoms with E-state index in [9.17, 15) is 18.0 Å². The van der Waals surface area contributed by atoms with Crippen molar-refractivity contribution in [3.8, 4) is 0 Å². The van der Waals surface area contributed by atoms with Gasteiger partial charge in [-0.2, -0.15) is 18.3 Å². The second-order valence-corrected chi connectivity index (χ2v) is 4.43. The molecule has 0 fully saturated rings. The summed E-state index contributed by atoms with van der Waals surface area (Å²) in [4.78, 5) is 11.4. The summed E-state index contributed by atoms with van der Waals surface area (Å²) < 4.78 is 37.5. The van der Waals surface area contributed by atoms with Gasteiger partial charge in [0.25, 0.3) is 0 Å². The number of rotatable bonds is 5. The van der Waals surface area contributed by atoms with Crippen molar-refractivity contribution in [3.05, 3.63) is 17.0 Å². The molecule has 6 heteroatoms. The molecule has 0 spiro atoms. The van der Waals surface area contributed by atoms with Crippen LogP contribution in [-0.4, -0.2) is 21.7 Å². The summed E-state index contributed by atoms with van der Waals surface area (Å²) in [6, 6.07) is 0. The van der Waals surface area contributed by atoms with E-state index in [0.717, 1.165) is 17.0 Å². The molecule has 0 aromatic carbocycles. The highest BCUT2D eigenvalue weighted by Crippen LogP contribution is 2.22. The maximum absolute atomic E-state index is 11.9. The normalized spacial score (nSPS) is 11.9. The Kier molecular flexibility index (Phi) is 4.53. The number of carbonyl (C=O) groups is 1. The lowest BCUT2D eigenvalue weighted by Crippen LogP contribution is -2.11. The number of aryl methyl sites for hydroxylation is 2. The quantitative estimate of drug-likeness (QED) is 0.817. The standard InChI is InChI=1S/C12H17F3N2O/c1-8-11(9(2)17(3)16-8)5-4-10(18)6-7-12(13,14)15/h4-7H2,1-3H3. The van der Waals surface area contributed by atoms with E-state index in [1.807, 2.05) is 13.8 Å². The van der Waals surface area contributed by atoms with Crippen molar-refractivity contribution in [2.24, 2.45) is 7.05 Å². The molecule has 18 heavy (non-hydrogen) atoms. The van der Waals surface area contributed by atoms with Crippen LogP contribution < -0.4 is 0 Å². The minimum atomic E-state index is -4.25. The van der Waals surface area contributed by atoms with E-state index in [1.165, 1.54) is 0 Å². The predicted octanol–water partition coefficient (Wildman–Crippen LogP) is 2.88. The second kappa shape index (κ2) is 5.54. The number of hydrogen-bond acceptors (Lipinski definition) is 2. The Morgan fingerprint density at radius 1 is 1.28 bits per heavy atom. The maximum atomic E-state index is 11.9. The Bertz CT molecular complexity index is 435. The van der Waals surface area contributed by atoms with Gasteiger partial charge in [-0.3, -0.25) is 9.48 Å². The Morgan fingerprint density at radius 2 is 1.89 bits per heavy atom. The molecule has 0 atom stereocenters. The third-order valence-corrected chi connectivity index (χ3v) is 3.00. The summed E-state index contributed by atoms with van der Waals surface area (Å²) >= 11 is 0. The van der Waals surface area contributed by atoms with Crippen LogP contribution >= 0.6 is 0 Å². The van der Waals surface area contributed by atoms with Crippen LogP contribution in [0.2, 0.25) is 0 Å². The van der Waals surface area contributed by atoms with Crippen molar-refractivity contribution in [2.75, 3.05) is 0 Å². The molecule has 0 unspecified atom stereocenters. The van der Waals surface area contributed by atoms with E-state index in [-0.39, 0.29) is 12.2 Å². The van der Waals surface area contributed by atoms with Crippen molar-refractivity contribution in [1.82, 2.24) is 9.78 Å². The van der Waals surface area contributed by atoms with Gasteiger partial charge in [0.15, 0.2) is 0 Å². The van der Waals surface area contributed by atoms with Gasteiger partial charge in [0, 0.05) is 25.6 Å². The lowest BCUT2D eigenvalue weighted by atomic mass is 10.0. The Labute approximate surface area is 104 Å². The number of hydrogen-bond donors (Lipinski definition) is 0. The van der Waals surface area contributed by atoms with Crippen molar-refractivity contribution in [3.63, 3.8) is 0 Å². The fourth-order valence-corrected chi connectivity index (χ4v) is 1.85. The molecule has 1 aromatic rings. The average molecular weight is 262 g/mol. The van der Waals surface area contributed by atoms with E-state index in [0.29, 0.717) is 6.42 Å². The van der Waals surface area contributed by atoms with Crippen LogP contribution in [0.25, 0.3) is 0 Å². The van der Waals surface area contributed by atoms with Gasteiger partial charge in [-0.25, -0.2) is 0 Å². The van der Waals surface area contributed by atoms with E-state index in [2.05, 4.69) is 5.10 Å². The van der Waals surface area contributed by atoms with Gasteiger partial charge in [0.2, 0.25) is 0 Å². The zero-order chi connectivity index (χ0) is 13.9. The molecule has 0 N–H and O–H groups in total. The van der Waals surface area contributed by atoms with Crippen LogP contribution in [0.1, 0.15) is 36.2 Å². The molecule has 0 saturated carbocycles. The number of carbonyl (C=O) groups excluding carboxylic acids is 1. The number of ketones is 1. The number of alkyl halides is 3.